The van der Waals surface area contributed by atoms with Crippen LogP contribution < -0.4 is 15.6 Å². The number of ether oxygens (including phenoxy) is 1. The van der Waals surface area contributed by atoms with E-state index in [2.05, 4.69) is 15.9 Å². The Morgan fingerprint density at radius 3 is 2.45 bits per heavy atom. The van der Waals surface area contributed by atoms with E-state index < -0.39 is 15.8 Å². The predicted molar refractivity (Wildman–Crippen MR) is 76.4 cm³/mol. The Bertz CT molecular complexity index is 745. The van der Waals surface area contributed by atoms with E-state index in [-0.39, 0.29) is 22.1 Å². The van der Waals surface area contributed by atoms with Gasteiger partial charge in [-0.3, -0.25) is 0 Å². The van der Waals surface area contributed by atoms with Crippen molar-refractivity contribution in [1.82, 2.24) is 0 Å². The fourth-order valence-electron chi connectivity index (χ4n) is 1.49. The number of anilines is 1. The van der Waals surface area contributed by atoms with E-state index >= 15 is 0 Å². The summed E-state index contributed by atoms with van der Waals surface area (Å²) < 4.78 is 41.7. The maximum Gasteiger partial charge on any atom is 0.238 e. The van der Waals surface area contributed by atoms with E-state index in [9.17, 15) is 12.8 Å². The van der Waals surface area contributed by atoms with E-state index in [1.165, 1.54) is 30.3 Å². The molecule has 4 N–H and O–H groups in total. The first-order valence-electron chi connectivity index (χ1n) is 5.32. The molecule has 0 radical (unpaired) electrons. The van der Waals surface area contributed by atoms with Crippen molar-refractivity contribution < 1.29 is 17.5 Å². The maximum atomic E-state index is 13.2. The van der Waals surface area contributed by atoms with Crippen molar-refractivity contribution in [2.45, 2.75) is 4.90 Å². The molecule has 0 aliphatic heterocycles. The number of hydrogen-bond donors (Lipinski definition) is 2. The van der Waals surface area contributed by atoms with E-state index in [1.807, 2.05) is 0 Å². The first kappa shape index (κ1) is 14.8. The van der Waals surface area contributed by atoms with Crippen molar-refractivity contribution in [2.24, 2.45) is 5.14 Å². The van der Waals surface area contributed by atoms with Gasteiger partial charge in [0.25, 0.3) is 0 Å². The number of nitrogens with two attached hydrogens (primary N) is 2. The van der Waals surface area contributed by atoms with Gasteiger partial charge in [0.05, 0.1) is 10.6 Å². The first-order valence-corrected chi connectivity index (χ1v) is 7.66. The van der Waals surface area contributed by atoms with Crippen molar-refractivity contribution in [3.8, 4) is 11.5 Å². The molecule has 0 saturated carbocycles. The van der Waals surface area contributed by atoms with Crippen molar-refractivity contribution in [1.29, 1.82) is 0 Å². The van der Waals surface area contributed by atoms with Gasteiger partial charge in [0, 0.05) is 16.6 Å². The summed E-state index contributed by atoms with van der Waals surface area (Å²) in [6.45, 7) is 0. The van der Waals surface area contributed by atoms with Crippen LogP contribution in [0.5, 0.6) is 11.5 Å². The van der Waals surface area contributed by atoms with Gasteiger partial charge in [0.1, 0.15) is 11.6 Å². The molecule has 0 atom stereocenters. The average molecular weight is 361 g/mol. The molecule has 0 aliphatic rings. The van der Waals surface area contributed by atoms with Gasteiger partial charge in [-0.15, -0.1) is 0 Å². The predicted octanol–water partition coefficient (Wildman–Crippen LogP) is 2.61. The molecule has 0 unspecified atom stereocenters. The zero-order chi connectivity index (χ0) is 14.9. The largest absolute Gasteiger partial charge is 0.455 e. The Hall–Kier alpha value is -1.64. The second kappa shape index (κ2) is 5.39. The Labute approximate surface area is 123 Å². The van der Waals surface area contributed by atoms with Crippen molar-refractivity contribution in [2.75, 3.05) is 5.73 Å². The molecular formula is C12H10BrFN2O3S. The minimum absolute atomic E-state index is 0.0778. The summed E-state index contributed by atoms with van der Waals surface area (Å²) in [5.41, 5.74) is 5.90. The molecule has 0 heterocycles. The van der Waals surface area contributed by atoms with Gasteiger partial charge in [-0.1, -0.05) is 15.9 Å². The van der Waals surface area contributed by atoms with Crippen LogP contribution in [0.15, 0.2) is 45.8 Å². The molecule has 0 aliphatic carbocycles. The molecule has 0 amide bonds. The summed E-state index contributed by atoms with van der Waals surface area (Å²) in [5.74, 6) is -0.250. The summed E-state index contributed by atoms with van der Waals surface area (Å²) in [6.07, 6.45) is 0. The standard InChI is InChI=1S/C12H10BrFN2O3S/c13-7-3-8(14)5-9(4-7)19-12-6-10(20(16,17)18)1-2-11(12)15/h1-6H,15H2,(H2,16,17,18). The van der Waals surface area contributed by atoms with E-state index in [0.717, 1.165) is 6.07 Å². The Kier molecular flexibility index (Phi) is 3.98. The van der Waals surface area contributed by atoms with Crippen LogP contribution in [0.25, 0.3) is 0 Å². The SMILES string of the molecule is Nc1ccc(S(N)(=O)=O)cc1Oc1cc(F)cc(Br)c1. The van der Waals surface area contributed by atoms with Gasteiger partial charge in [0.2, 0.25) is 10.0 Å². The summed E-state index contributed by atoms with van der Waals surface area (Å²) in [5, 5.41) is 5.03. The lowest BCUT2D eigenvalue weighted by atomic mass is 10.3. The summed E-state index contributed by atoms with van der Waals surface area (Å²) in [7, 11) is -3.87. The number of sulfonamides is 1. The second-order valence-corrected chi connectivity index (χ2v) is 6.43. The molecule has 8 heteroatoms. The molecule has 0 bridgehead atoms. The van der Waals surface area contributed by atoms with Gasteiger partial charge >= 0.3 is 0 Å². The zero-order valence-corrected chi connectivity index (χ0v) is 12.4. The molecule has 5 nitrogen and oxygen atoms in total. The molecule has 106 valence electrons. The number of benzene rings is 2. The molecule has 20 heavy (non-hydrogen) atoms. The fourth-order valence-corrected chi connectivity index (χ4v) is 2.47. The second-order valence-electron chi connectivity index (χ2n) is 3.95. The Morgan fingerprint density at radius 1 is 1.15 bits per heavy atom. The highest BCUT2D eigenvalue weighted by atomic mass is 79.9. The molecular weight excluding hydrogens is 351 g/mol. The highest BCUT2D eigenvalue weighted by molar-refractivity contribution is 9.10. The summed E-state index contributed by atoms with van der Waals surface area (Å²) in [6, 6.07) is 7.73. The summed E-state index contributed by atoms with van der Waals surface area (Å²) >= 11 is 3.12. The van der Waals surface area contributed by atoms with Crippen LogP contribution in [0, 0.1) is 5.82 Å². The smallest absolute Gasteiger partial charge is 0.238 e. The van der Waals surface area contributed by atoms with Crippen molar-refractivity contribution >= 4 is 31.6 Å². The fraction of sp³-hybridized carbons (Fsp3) is 0. The molecule has 0 fully saturated rings. The zero-order valence-electron chi connectivity index (χ0n) is 10.0. The number of primary sulfonamides is 1. The van der Waals surface area contributed by atoms with Gasteiger partial charge in [0.15, 0.2) is 5.75 Å². The molecule has 0 aromatic heterocycles. The maximum absolute atomic E-state index is 13.2. The number of hydrogen-bond acceptors (Lipinski definition) is 4. The van der Waals surface area contributed by atoms with Crippen LogP contribution in [0.2, 0.25) is 0 Å². The van der Waals surface area contributed by atoms with Crippen LogP contribution >= 0.6 is 15.9 Å². The minimum atomic E-state index is -3.87. The quantitative estimate of drug-likeness (QED) is 0.822. The van der Waals surface area contributed by atoms with Crippen LogP contribution in [0.3, 0.4) is 0 Å². The van der Waals surface area contributed by atoms with Crippen LogP contribution in [-0.4, -0.2) is 8.42 Å². The van der Waals surface area contributed by atoms with E-state index in [4.69, 9.17) is 15.6 Å². The Balaban J connectivity index is 2.42. The average Bonchev–Trinajstić information content (AvgIpc) is 2.29. The van der Waals surface area contributed by atoms with Gasteiger partial charge in [-0.2, -0.15) is 0 Å². The van der Waals surface area contributed by atoms with Crippen molar-refractivity contribution in [3.63, 3.8) is 0 Å². The molecule has 0 saturated heterocycles. The van der Waals surface area contributed by atoms with E-state index in [1.54, 1.807) is 0 Å². The van der Waals surface area contributed by atoms with Crippen LogP contribution in [-0.2, 0) is 10.0 Å². The van der Waals surface area contributed by atoms with Gasteiger partial charge in [-0.25, -0.2) is 17.9 Å². The molecule has 2 aromatic carbocycles. The highest BCUT2D eigenvalue weighted by Crippen LogP contribution is 2.31. The lowest BCUT2D eigenvalue weighted by Gasteiger charge is -2.10. The molecule has 2 aromatic rings. The number of nitrogen functional groups attached to an aromatic ring is 1. The van der Waals surface area contributed by atoms with E-state index in [0.29, 0.717) is 4.47 Å². The molecule has 0 spiro atoms. The first-order chi connectivity index (χ1) is 9.25. The minimum Gasteiger partial charge on any atom is -0.455 e. The number of rotatable bonds is 3. The topological polar surface area (TPSA) is 95.4 Å². The third-order valence-corrected chi connectivity index (χ3v) is 3.75. The van der Waals surface area contributed by atoms with Gasteiger partial charge < -0.3 is 10.5 Å². The van der Waals surface area contributed by atoms with Crippen LogP contribution in [0.1, 0.15) is 0 Å². The van der Waals surface area contributed by atoms with Crippen LogP contribution in [0.4, 0.5) is 10.1 Å². The third kappa shape index (κ3) is 3.47. The lowest BCUT2D eigenvalue weighted by molar-refractivity contribution is 0.476. The normalized spacial score (nSPS) is 11.3. The Morgan fingerprint density at radius 2 is 1.85 bits per heavy atom. The molecule has 2 rings (SSSR count). The summed E-state index contributed by atoms with van der Waals surface area (Å²) in [4.78, 5) is -0.142. The highest BCUT2D eigenvalue weighted by Gasteiger charge is 2.12. The van der Waals surface area contributed by atoms with Gasteiger partial charge in [-0.05, 0) is 24.3 Å². The third-order valence-electron chi connectivity index (χ3n) is 2.38. The monoisotopic (exact) mass is 360 g/mol. The lowest BCUT2D eigenvalue weighted by Crippen LogP contribution is -2.12. The number of halogens is 2. The van der Waals surface area contributed by atoms with Crippen molar-refractivity contribution in [3.05, 3.63) is 46.7 Å².